The van der Waals surface area contributed by atoms with Gasteiger partial charge in [0, 0.05) is 5.56 Å². The van der Waals surface area contributed by atoms with Crippen LogP contribution in [0.15, 0.2) is 29.4 Å². The summed E-state index contributed by atoms with van der Waals surface area (Å²) in [5, 5.41) is 3.30. The Balaban J connectivity index is 3.13. The smallest absolute Gasteiger partial charge is 0.150 e. The van der Waals surface area contributed by atoms with E-state index in [9.17, 15) is 4.39 Å². The molecule has 4 heteroatoms. The Hall–Kier alpha value is -1.58. The van der Waals surface area contributed by atoms with Crippen LogP contribution in [0.5, 0.6) is 0 Å². The first kappa shape index (κ1) is 8.52. The average Bonchev–Trinajstić information content (AvgIpc) is 2.16. The van der Waals surface area contributed by atoms with Gasteiger partial charge in [0.2, 0.25) is 0 Å². The van der Waals surface area contributed by atoms with Crippen LogP contribution in [0.3, 0.4) is 0 Å². The number of hydrogen-bond acceptors (Lipinski definition) is 2. The molecule has 0 aliphatic rings. The number of rotatable bonds is 2. The van der Waals surface area contributed by atoms with Crippen LogP contribution in [0.4, 0.5) is 4.39 Å². The Bertz CT molecular complexity index is 296. The molecule has 0 aromatic heterocycles. The summed E-state index contributed by atoms with van der Waals surface area (Å²) in [5.74, 6) is 5.12. The Morgan fingerprint density at radius 3 is 2.67 bits per heavy atom. The highest BCUT2D eigenvalue weighted by Gasteiger charge is 2.03. The number of benzene rings is 1. The van der Waals surface area contributed by atoms with Crippen molar-refractivity contribution in [3.63, 3.8) is 0 Å². The lowest BCUT2D eigenvalue weighted by Crippen LogP contribution is -2.17. The van der Waals surface area contributed by atoms with Gasteiger partial charge >= 0.3 is 0 Å². The summed E-state index contributed by atoms with van der Waals surface area (Å²) in [6.07, 6.45) is 0. The zero-order valence-electron chi connectivity index (χ0n) is 6.50. The van der Waals surface area contributed by atoms with E-state index < -0.39 is 6.67 Å². The summed E-state index contributed by atoms with van der Waals surface area (Å²) >= 11 is 0. The minimum atomic E-state index is -0.563. The largest absolute Gasteiger partial charge is 0.382 e. The van der Waals surface area contributed by atoms with E-state index in [1.165, 1.54) is 0 Å². The first-order chi connectivity index (χ1) is 5.79. The van der Waals surface area contributed by atoms with Crippen molar-refractivity contribution in [1.29, 1.82) is 0 Å². The number of alkyl halides is 1. The van der Waals surface area contributed by atoms with Crippen LogP contribution >= 0.6 is 0 Å². The summed E-state index contributed by atoms with van der Waals surface area (Å²) < 4.78 is 12.3. The minimum Gasteiger partial charge on any atom is -0.382 e. The monoisotopic (exact) mass is 167 g/mol. The summed E-state index contributed by atoms with van der Waals surface area (Å²) in [5.41, 5.74) is 6.49. The molecule has 0 unspecified atom stereocenters. The third-order valence-electron chi connectivity index (χ3n) is 1.58. The van der Waals surface area contributed by atoms with Crippen molar-refractivity contribution in [1.82, 2.24) is 0 Å². The number of hydrogen-bond donors (Lipinski definition) is 2. The molecular weight excluding hydrogens is 157 g/mol. The van der Waals surface area contributed by atoms with Crippen LogP contribution in [-0.2, 0) is 6.67 Å². The van der Waals surface area contributed by atoms with Crippen LogP contribution in [0.1, 0.15) is 11.1 Å². The molecule has 0 fully saturated rings. The van der Waals surface area contributed by atoms with E-state index >= 15 is 0 Å². The van der Waals surface area contributed by atoms with E-state index in [1.807, 2.05) is 0 Å². The van der Waals surface area contributed by atoms with E-state index in [2.05, 4.69) is 5.10 Å². The van der Waals surface area contributed by atoms with Crippen molar-refractivity contribution in [3.05, 3.63) is 35.4 Å². The van der Waals surface area contributed by atoms with Gasteiger partial charge in [0.1, 0.15) is 6.67 Å². The van der Waals surface area contributed by atoms with E-state index in [4.69, 9.17) is 11.6 Å². The quantitative estimate of drug-likeness (QED) is 0.295. The minimum absolute atomic E-state index is 0.156. The maximum Gasteiger partial charge on any atom is 0.150 e. The number of nitrogens with zero attached hydrogens (tertiary/aromatic N) is 1. The summed E-state index contributed by atoms with van der Waals surface area (Å²) in [6.45, 7) is -0.563. The van der Waals surface area contributed by atoms with Crippen LogP contribution in [0.2, 0.25) is 0 Å². The number of halogens is 1. The van der Waals surface area contributed by atoms with Gasteiger partial charge in [0.15, 0.2) is 5.84 Å². The van der Waals surface area contributed by atoms with Gasteiger partial charge in [-0.15, -0.1) is 0 Å². The number of hydrazone groups is 1. The predicted octanol–water partition coefficient (Wildman–Crippen LogP) is 0.735. The van der Waals surface area contributed by atoms with Gasteiger partial charge in [-0.05, 0) is 5.56 Å². The first-order valence-corrected chi connectivity index (χ1v) is 3.47. The first-order valence-electron chi connectivity index (χ1n) is 3.47. The fourth-order valence-corrected chi connectivity index (χ4v) is 0.956. The molecule has 1 rings (SSSR count). The average molecular weight is 167 g/mol. The molecule has 4 N–H and O–H groups in total. The third kappa shape index (κ3) is 1.53. The molecule has 3 nitrogen and oxygen atoms in total. The molecule has 0 saturated heterocycles. The van der Waals surface area contributed by atoms with E-state index in [1.54, 1.807) is 24.3 Å². The summed E-state index contributed by atoms with van der Waals surface area (Å²) in [6, 6.07) is 6.82. The molecule has 0 atom stereocenters. The molecule has 0 aliphatic heterocycles. The molecule has 0 radical (unpaired) electrons. The second-order valence-electron chi connectivity index (χ2n) is 2.31. The van der Waals surface area contributed by atoms with Gasteiger partial charge in [-0.1, -0.05) is 24.3 Å². The van der Waals surface area contributed by atoms with Crippen molar-refractivity contribution in [2.75, 3.05) is 0 Å². The van der Waals surface area contributed by atoms with Crippen molar-refractivity contribution >= 4 is 5.84 Å². The van der Waals surface area contributed by atoms with Crippen molar-refractivity contribution < 1.29 is 4.39 Å². The molecule has 0 amide bonds. The van der Waals surface area contributed by atoms with Gasteiger partial charge in [0.05, 0.1) is 0 Å². The maximum absolute atomic E-state index is 12.3. The van der Waals surface area contributed by atoms with Gasteiger partial charge in [-0.2, -0.15) is 5.10 Å². The molecule has 0 spiro atoms. The molecule has 1 aromatic rings. The molecule has 0 bridgehead atoms. The summed E-state index contributed by atoms with van der Waals surface area (Å²) in [7, 11) is 0. The fraction of sp³-hybridized carbons (Fsp3) is 0.125. The number of nitrogens with two attached hydrogens (primary N) is 2. The van der Waals surface area contributed by atoms with Crippen LogP contribution < -0.4 is 11.6 Å². The second kappa shape index (κ2) is 3.71. The predicted molar refractivity (Wildman–Crippen MR) is 46.2 cm³/mol. The van der Waals surface area contributed by atoms with Gasteiger partial charge in [-0.3, -0.25) is 0 Å². The second-order valence-corrected chi connectivity index (χ2v) is 2.31. The zero-order valence-corrected chi connectivity index (χ0v) is 6.50. The number of amidine groups is 1. The van der Waals surface area contributed by atoms with E-state index in [0.29, 0.717) is 11.1 Å². The Morgan fingerprint density at radius 2 is 2.08 bits per heavy atom. The standard InChI is InChI=1S/C8H10FN3/c9-5-6-3-1-2-4-7(6)8(10)12-11/h1-4H,5,11H2,(H2,10,12). The molecule has 0 heterocycles. The molecule has 12 heavy (non-hydrogen) atoms. The van der Waals surface area contributed by atoms with Gasteiger partial charge in [0.25, 0.3) is 0 Å². The fourth-order valence-electron chi connectivity index (χ4n) is 0.956. The van der Waals surface area contributed by atoms with Gasteiger partial charge < -0.3 is 11.6 Å². The highest BCUT2D eigenvalue weighted by atomic mass is 19.1. The lowest BCUT2D eigenvalue weighted by atomic mass is 10.1. The van der Waals surface area contributed by atoms with E-state index in [0.717, 1.165) is 0 Å². The SMILES string of the molecule is N/N=C(\N)c1ccccc1CF. The van der Waals surface area contributed by atoms with Crippen LogP contribution in [0, 0.1) is 0 Å². The molecule has 0 aliphatic carbocycles. The van der Waals surface area contributed by atoms with E-state index in [-0.39, 0.29) is 5.84 Å². The lowest BCUT2D eigenvalue weighted by molar-refractivity contribution is 0.485. The zero-order chi connectivity index (χ0) is 8.97. The van der Waals surface area contributed by atoms with Crippen molar-refractivity contribution in [2.45, 2.75) is 6.67 Å². The van der Waals surface area contributed by atoms with Crippen molar-refractivity contribution in [2.24, 2.45) is 16.7 Å². The van der Waals surface area contributed by atoms with Crippen LogP contribution in [0.25, 0.3) is 0 Å². The van der Waals surface area contributed by atoms with Crippen molar-refractivity contribution in [3.8, 4) is 0 Å². The molecule has 1 aromatic carbocycles. The highest BCUT2D eigenvalue weighted by molar-refractivity contribution is 5.98. The highest BCUT2D eigenvalue weighted by Crippen LogP contribution is 2.08. The molecule has 64 valence electrons. The molecular formula is C8H10FN3. The normalized spacial score (nSPS) is 11.6. The summed E-state index contributed by atoms with van der Waals surface area (Å²) in [4.78, 5) is 0. The molecule has 0 saturated carbocycles. The van der Waals surface area contributed by atoms with Crippen LogP contribution in [-0.4, -0.2) is 5.84 Å². The Kier molecular flexibility index (Phi) is 2.63. The van der Waals surface area contributed by atoms with Gasteiger partial charge in [-0.25, -0.2) is 4.39 Å². The maximum atomic E-state index is 12.3. The lowest BCUT2D eigenvalue weighted by Gasteiger charge is -2.03. The topological polar surface area (TPSA) is 64.4 Å². The Morgan fingerprint density at radius 1 is 1.42 bits per heavy atom. The Labute approximate surface area is 69.9 Å². The third-order valence-corrected chi connectivity index (χ3v) is 1.58.